The summed E-state index contributed by atoms with van der Waals surface area (Å²) in [7, 11) is 0. The molecule has 0 unspecified atom stereocenters. The maximum absolute atomic E-state index is 13.1. The van der Waals surface area contributed by atoms with Gasteiger partial charge in [-0.05, 0) is 133 Å². The number of aliphatic hydroxyl groups excluding tert-OH is 2. The first-order valence-corrected chi connectivity index (χ1v) is 21.4. The highest BCUT2D eigenvalue weighted by Gasteiger charge is 2.36. The molecule has 0 radical (unpaired) electrons. The van der Waals surface area contributed by atoms with Crippen molar-refractivity contribution in [2.45, 2.75) is 103 Å². The molecule has 316 valence electrons. The lowest BCUT2D eigenvalue weighted by atomic mass is 10.0. The Balaban J connectivity index is 0.000000158. The van der Waals surface area contributed by atoms with Crippen LogP contribution >= 0.6 is 0 Å². The highest BCUT2D eigenvalue weighted by atomic mass is 16.5. The molecule has 2 fully saturated rings. The second-order valence-electron chi connectivity index (χ2n) is 16.7. The van der Waals surface area contributed by atoms with Gasteiger partial charge in [-0.2, -0.15) is 0 Å². The third kappa shape index (κ3) is 8.79. The predicted molar refractivity (Wildman–Crippen MR) is 233 cm³/mol. The number of pyridine rings is 4. The van der Waals surface area contributed by atoms with Crippen LogP contribution in [0, 0.1) is 13.8 Å². The first kappa shape index (κ1) is 40.9. The van der Waals surface area contributed by atoms with E-state index in [4.69, 9.17) is 9.47 Å². The van der Waals surface area contributed by atoms with E-state index in [2.05, 4.69) is 80.6 Å². The number of aryl methyl sites for hydroxylation is 2. The zero-order valence-corrected chi connectivity index (χ0v) is 35.0. The molecule has 2 aromatic carbocycles. The molecule has 2 saturated carbocycles. The number of nitrogens with zero attached hydrogens (tertiary/aromatic N) is 6. The molecule has 4 aromatic heterocycles. The summed E-state index contributed by atoms with van der Waals surface area (Å²) in [5, 5.41) is 20.2. The summed E-state index contributed by atoms with van der Waals surface area (Å²) in [5.74, 6) is 0.553. The second kappa shape index (κ2) is 17.8. The number of benzene rings is 2. The average Bonchev–Trinajstić information content (AvgIpc) is 4.05. The minimum absolute atomic E-state index is 0.0700. The van der Waals surface area contributed by atoms with Crippen molar-refractivity contribution in [3.05, 3.63) is 154 Å². The maximum Gasteiger partial charge on any atom is 0.260 e. The van der Waals surface area contributed by atoms with Crippen molar-refractivity contribution < 1.29 is 29.3 Å². The number of fused-ring (bicyclic) bond motifs is 2. The van der Waals surface area contributed by atoms with Gasteiger partial charge in [-0.15, -0.1) is 0 Å². The molecule has 0 spiro atoms. The van der Waals surface area contributed by atoms with Crippen molar-refractivity contribution in [3.8, 4) is 34.0 Å². The average molecular weight is 831 g/mol. The van der Waals surface area contributed by atoms with Gasteiger partial charge >= 0.3 is 0 Å². The molecule has 2 N–H and O–H groups in total. The largest absolute Gasteiger partial charge is 0.471 e. The van der Waals surface area contributed by atoms with E-state index in [-0.39, 0.29) is 24.0 Å². The molecule has 2 amide bonds. The molecule has 2 aliphatic carbocycles. The van der Waals surface area contributed by atoms with Crippen molar-refractivity contribution in [1.29, 1.82) is 0 Å². The van der Waals surface area contributed by atoms with Gasteiger partial charge in [0.25, 0.3) is 11.8 Å². The van der Waals surface area contributed by atoms with E-state index in [1.807, 2.05) is 60.3 Å². The van der Waals surface area contributed by atoms with E-state index < -0.39 is 12.2 Å². The minimum atomic E-state index is -0.493. The standard InChI is InChI=1S/2C25H25N3O3/c2*1-16-13-19(9-11-26-16)18-7-5-17(6-8-18)14-28-15-20-10-12-27-24(23(20)25(28)30)31-22-4-2-3-21(22)29/h2*5-13,21-22,29H,2-4,14-15H2,1H3/t2*21-,22-/m10/s1. The predicted octanol–water partition coefficient (Wildman–Crippen LogP) is 7.80. The van der Waals surface area contributed by atoms with Gasteiger partial charge in [0.1, 0.15) is 23.3 Å². The van der Waals surface area contributed by atoms with E-state index in [0.29, 0.717) is 49.1 Å². The monoisotopic (exact) mass is 830 g/mol. The number of rotatable bonds is 10. The highest BCUT2D eigenvalue weighted by Crippen LogP contribution is 2.35. The lowest BCUT2D eigenvalue weighted by molar-refractivity contribution is 0.0553. The third-order valence-electron chi connectivity index (χ3n) is 12.2. The lowest BCUT2D eigenvalue weighted by Gasteiger charge is -2.18. The van der Waals surface area contributed by atoms with Gasteiger partial charge in [-0.3, -0.25) is 19.6 Å². The molecule has 2 aliphatic heterocycles. The number of aliphatic hydroxyl groups is 2. The molecule has 10 rings (SSSR count). The normalized spacial score (nSPS) is 20.2. The first-order chi connectivity index (χ1) is 30.2. The van der Waals surface area contributed by atoms with E-state index in [9.17, 15) is 19.8 Å². The Morgan fingerprint density at radius 2 is 0.935 bits per heavy atom. The summed E-state index contributed by atoms with van der Waals surface area (Å²) in [5.41, 5.74) is 11.5. The van der Waals surface area contributed by atoms with Crippen LogP contribution in [0.2, 0.25) is 0 Å². The van der Waals surface area contributed by atoms with Gasteiger partial charge in [0, 0.05) is 62.4 Å². The van der Waals surface area contributed by atoms with Crippen LogP contribution in [0.15, 0.2) is 110 Å². The van der Waals surface area contributed by atoms with E-state index in [1.54, 1.807) is 12.4 Å². The van der Waals surface area contributed by atoms with Gasteiger partial charge in [-0.25, -0.2) is 9.97 Å². The zero-order valence-electron chi connectivity index (χ0n) is 35.0. The Bertz CT molecular complexity index is 2410. The molecule has 62 heavy (non-hydrogen) atoms. The fourth-order valence-electron chi connectivity index (χ4n) is 8.86. The topological polar surface area (TPSA) is 151 Å². The van der Waals surface area contributed by atoms with Crippen molar-refractivity contribution in [3.63, 3.8) is 0 Å². The Morgan fingerprint density at radius 3 is 1.31 bits per heavy atom. The molecule has 4 aliphatic rings. The fourth-order valence-corrected chi connectivity index (χ4v) is 8.86. The number of hydrogen-bond donors (Lipinski definition) is 2. The Hall–Kier alpha value is -6.50. The third-order valence-corrected chi connectivity index (χ3v) is 12.2. The van der Waals surface area contributed by atoms with Crippen LogP contribution < -0.4 is 9.47 Å². The molecule has 0 bridgehead atoms. The van der Waals surface area contributed by atoms with Crippen LogP contribution in [0.5, 0.6) is 11.8 Å². The van der Waals surface area contributed by atoms with Crippen molar-refractivity contribution in [1.82, 2.24) is 29.7 Å². The number of ether oxygens (including phenoxy) is 2. The number of hydrogen-bond acceptors (Lipinski definition) is 10. The van der Waals surface area contributed by atoms with Gasteiger partial charge in [0.2, 0.25) is 11.8 Å². The van der Waals surface area contributed by atoms with Gasteiger partial charge < -0.3 is 29.5 Å². The molecular formula is C50H50N6O6. The molecule has 4 atom stereocenters. The second-order valence-corrected chi connectivity index (χ2v) is 16.7. The van der Waals surface area contributed by atoms with Crippen LogP contribution in [0.3, 0.4) is 0 Å². The van der Waals surface area contributed by atoms with Gasteiger partial charge in [0.05, 0.1) is 12.2 Å². The molecule has 12 nitrogen and oxygen atoms in total. The highest BCUT2D eigenvalue weighted by molar-refractivity contribution is 6.01. The van der Waals surface area contributed by atoms with E-state index in [0.717, 1.165) is 94.4 Å². The summed E-state index contributed by atoms with van der Waals surface area (Å²) in [6, 6.07) is 28.4. The summed E-state index contributed by atoms with van der Waals surface area (Å²) < 4.78 is 11.9. The molecule has 6 heterocycles. The van der Waals surface area contributed by atoms with E-state index in [1.165, 1.54) is 0 Å². The maximum atomic E-state index is 13.1. The van der Waals surface area contributed by atoms with Crippen LogP contribution in [-0.4, -0.2) is 76.2 Å². The van der Waals surface area contributed by atoms with Gasteiger partial charge in [0.15, 0.2) is 0 Å². The van der Waals surface area contributed by atoms with Crippen molar-refractivity contribution in [2.24, 2.45) is 0 Å². The van der Waals surface area contributed by atoms with Crippen molar-refractivity contribution in [2.75, 3.05) is 0 Å². The lowest BCUT2D eigenvalue weighted by Crippen LogP contribution is -2.27. The van der Waals surface area contributed by atoms with Crippen LogP contribution in [0.1, 0.15) is 92.9 Å². The molecule has 6 aromatic rings. The van der Waals surface area contributed by atoms with Crippen LogP contribution in [-0.2, 0) is 26.2 Å². The number of aromatic nitrogens is 4. The summed E-state index contributed by atoms with van der Waals surface area (Å²) in [6.07, 6.45) is 10.3. The molecular weight excluding hydrogens is 781 g/mol. The summed E-state index contributed by atoms with van der Waals surface area (Å²) in [6.45, 7) is 6.07. The molecule has 12 heteroatoms. The van der Waals surface area contributed by atoms with Crippen molar-refractivity contribution >= 4 is 11.8 Å². The number of carbonyl (C=O) groups is 2. The smallest absolute Gasteiger partial charge is 0.260 e. The Labute approximate surface area is 361 Å². The summed E-state index contributed by atoms with van der Waals surface area (Å²) >= 11 is 0. The Morgan fingerprint density at radius 1 is 0.532 bits per heavy atom. The van der Waals surface area contributed by atoms with Gasteiger partial charge in [-0.1, -0.05) is 48.5 Å². The minimum Gasteiger partial charge on any atom is -0.471 e. The first-order valence-electron chi connectivity index (χ1n) is 21.4. The summed E-state index contributed by atoms with van der Waals surface area (Å²) in [4.78, 5) is 47.0. The molecule has 0 saturated heterocycles. The fraction of sp³-hybridized carbons (Fsp3) is 0.320. The number of amides is 2. The number of carbonyl (C=O) groups excluding carboxylic acids is 2. The SMILES string of the molecule is Cc1cc(-c2ccc(CN3Cc4ccnc(O[C@@H]5CCC[C@H]5O)c4C3=O)cc2)ccn1.Cc1cc(-c2ccc(CN3Cc4ccnc(O[C@H]5CCC[C@@H]5O)c4C3=O)cc2)ccn1. The van der Waals surface area contributed by atoms with Crippen LogP contribution in [0.4, 0.5) is 0 Å². The Kier molecular flexibility index (Phi) is 11.8. The van der Waals surface area contributed by atoms with E-state index >= 15 is 0 Å². The zero-order chi connectivity index (χ0) is 42.7. The van der Waals surface area contributed by atoms with Crippen LogP contribution in [0.25, 0.3) is 22.3 Å². The quantitative estimate of drug-likeness (QED) is 0.140.